The second-order valence-electron chi connectivity index (χ2n) is 23.8. The van der Waals surface area contributed by atoms with Crippen LogP contribution in [-0.2, 0) is 28.6 Å². The van der Waals surface area contributed by atoms with Gasteiger partial charge in [0.1, 0.15) is 13.2 Å². The Morgan fingerprint density at radius 3 is 0.785 bits per heavy atom. The number of ether oxygens (including phenoxy) is 3. The third-order valence-corrected chi connectivity index (χ3v) is 15.8. The zero-order valence-corrected chi connectivity index (χ0v) is 53.2. The molecule has 0 radical (unpaired) electrons. The number of allylic oxidation sites excluding steroid dienone is 8. The van der Waals surface area contributed by atoms with E-state index in [-0.39, 0.29) is 31.1 Å². The van der Waals surface area contributed by atoms with Crippen molar-refractivity contribution in [2.24, 2.45) is 0 Å². The fourth-order valence-electron chi connectivity index (χ4n) is 10.6. The molecular formula is C73H134O6. The summed E-state index contributed by atoms with van der Waals surface area (Å²) in [5.74, 6) is -0.869. The monoisotopic (exact) mass is 1110 g/mol. The summed E-state index contributed by atoms with van der Waals surface area (Å²) in [7, 11) is 0. The van der Waals surface area contributed by atoms with E-state index in [9.17, 15) is 14.4 Å². The highest BCUT2D eigenvalue weighted by Gasteiger charge is 2.19. The maximum Gasteiger partial charge on any atom is 0.306 e. The van der Waals surface area contributed by atoms with Gasteiger partial charge in [-0.05, 0) is 77.0 Å². The second-order valence-corrected chi connectivity index (χ2v) is 23.8. The van der Waals surface area contributed by atoms with Crippen LogP contribution in [0.15, 0.2) is 48.6 Å². The average molecular weight is 1110 g/mol. The zero-order chi connectivity index (χ0) is 57.1. The number of hydrogen-bond donors (Lipinski definition) is 0. The van der Waals surface area contributed by atoms with Crippen LogP contribution in [0.3, 0.4) is 0 Å². The number of unbranched alkanes of at least 4 members (excludes halogenated alkanes) is 46. The van der Waals surface area contributed by atoms with E-state index in [0.29, 0.717) is 19.3 Å². The molecule has 0 bridgehead atoms. The standard InChI is InChI=1S/C73H134O6/c1-4-7-10-13-16-19-22-25-27-28-29-30-31-32-33-34-35-36-37-38-39-40-41-42-43-44-46-48-51-54-57-60-63-66-72(75)78-69-70(68-77-71(74)65-62-59-56-53-50-47-24-21-18-15-12-9-6-3)79-73(76)67-64-61-58-55-52-49-45-26-23-20-17-14-11-8-5-2/h8,11,17,20,26,28-29,45,70H,4-7,9-10,12-16,18-19,21-25,27,30-44,46-69H2,1-3H3/b11-8-,20-17-,29-28-,45-26-. The molecule has 0 fully saturated rings. The summed E-state index contributed by atoms with van der Waals surface area (Å²) in [5, 5.41) is 0. The quantitative estimate of drug-likeness (QED) is 0.0261. The van der Waals surface area contributed by atoms with E-state index in [0.717, 1.165) is 96.3 Å². The Kier molecular flexibility index (Phi) is 65.6. The molecule has 0 rings (SSSR count). The molecule has 0 amide bonds. The maximum atomic E-state index is 12.9. The van der Waals surface area contributed by atoms with Crippen LogP contribution in [0.5, 0.6) is 0 Å². The number of hydrogen-bond acceptors (Lipinski definition) is 6. The average Bonchev–Trinajstić information content (AvgIpc) is 3.45. The SMILES string of the molecule is CC/C=C\C/C=C\C/C=C\CCCCCCCC(=O)OC(COC(=O)CCCCCCCCCCCCCCC)COC(=O)CCCCCCCCCCCCCCCCCCCCCCC/C=C\CCCCCCCCCC. The van der Waals surface area contributed by atoms with Gasteiger partial charge in [-0.2, -0.15) is 0 Å². The van der Waals surface area contributed by atoms with Crippen LogP contribution in [0.2, 0.25) is 0 Å². The summed E-state index contributed by atoms with van der Waals surface area (Å²) in [5.41, 5.74) is 0. The first-order valence-corrected chi connectivity index (χ1v) is 35.1. The largest absolute Gasteiger partial charge is 0.462 e. The van der Waals surface area contributed by atoms with Gasteiger partial charge in [-0.1, -0.05) is 333 Å². The van der Waals surface area contributed by atoms with Gasteiger partial charge in [0.05, 0.1) is 0 Å². The highest BCUT2D eigenvalue weighted by Crippen LogP contribution is 2.18. The van der Waals surface area contributed by atoms with E-state index in [1.54, 1.807) is 0 Å². The van der Waals surface area contributed by atoms with Crippen molar-refractivity contribution in [1.82, 2.24) is 0 Å². The normalized spacial score (nSPS) is 12.3. The molecule has 0 heterocycles. The molecule has 0 aromatic heterocycles. The summed E-state index contributed by atoms with van der Waals surface area (Å²) in [6.45, 7) is 6.57. The van der Waals surface area contributed by atoms with Gasteiger partial charge in [-0.15, -0.1) is 0 Å². The van der Waals surface area contributed by atoms with Crippen LogP contribution < -0.4 is 0 Å². The van der Waals surface area contributed by atoms with E-state index in [2.05, 4.69) is 69.4 Å². The molecule has 0 aromatic carbocycles. The highest BCUT2D eigenvalue weighted by molar-refractivity contribution is 5.71. The molecule has 462 valence electrons. The molecule has 1 atom stereocenters. The van der Waals surface area contributed by atoms with E-state index in [1.165, 1.54) is 244 Å². The zero-order valence-electron chi connectivity index (χ0n) is 53.2. The van der Waals surface area contributed by atoms with E-state index >= 15 is 0 Å². The van der Waals surface area contributed by atoms with Crippen molar-refractivity contribution in [3.8, 4) is 0 Å². The molecule has 0 aromatic rings. The van der Waals surface area contributed by atoms with E-state index in [1.807, 2.05) is 0 Å². The van der Waals surface area contributed by atoms with Gasteiger partial charge in [-0.3, -0.25) is 14.4 Å². The lowest BCUT2D eigenvalue weighted by molar-refractivity contribution is -0.167. The smallest absolute Gasteiger partial charge is 0.306 e. The van der Waals surface area contributed by atoms with Crippen LogP contribution in [-0.4, -0.2) is 37.2 Å². The molecule has 79 heavy (non-hydrogen) atoms. The lowest BCUT2D eigenvalue weighted by atomic mass is 10.0. The molecule has 0 spiro atoms. The van der Waals surface area contributed by atoms with Gasteiger partial charge in [0.2, 0.25) is 0 Å². The molecule has 0 saturated carbocycles. The Hall–Kier alpha value is -2.63. The van der Waals surface area contributed by atoms with Crippen LogP contribution >= 0.6 is 0 Å². The first-order valence-electron chi connectivity index (χ1n) is 35.1. The molecule has 6 heteroatoms. The van der Waals surface area contributed by atoms with Crippen LogP contribution in [0.1, 0.15) is 380 Å². The molecule has 0 aliphatic rings. The first-order chi connectivity index (χ1) is 39.0. The van der Waals surface area contributed by atoms with Gasteiger partial charge in [0.15, 0.2) is 6.10 Å². The van der Waals surface area contributed by atoms with Crippen LogP contribution in [0.4, 0.5) is 0 Å². The fraction of sp³-hybridized carbons (Fsp3) is 0.849. The predicted octanol–water partition coefficient (Wildman–Crippen LogP) is 24.1. The molecule has 6 nitrogen and oxygen atoms in total. The first kappa shape index (κ1) is 76.4. The van der Waals surface area contributed by atoms with Gasteiger partial charge < -0.3 is 14.2 Å². The summed E-state index contributed by atoms with van der Waals surface area (Å²) < 4.78 is 16.9. The predicted molar refractivity (Wildman–Crippen MR) is 344 cm³/mol. The molecule has 1 unspecified atom stereocenters. The molecular weight excluding hydrogens is 973 g/mol. The van der Waals surface area contributed by atoms with Crippen molar-refractivity contribution in [3.05, 3.63) is 48.6 Å². The molecule has 0 N–H and O–H groups in total. The Morgan fingerprint density at radius 1 is 0.266 bits per heavy atom. The summed E-state index contributed by atoms with van der Waals surface area (Å²) in [6, 6.07) is 0. The minimum atomic E-state index is -0.779. The lowest BCUT2D eigenvalue weighted by Crippen LogP contribution is -2.30. The minimum absolute atomic E-state index is 0.0753. The van der Waals surface area contributed by atoms with Gasteiger partial charge in [-0.25, -0.2) is 0 Å². The molecule has 0 aliphatic carbocycles. The van der Waals surface area contributed by atoms with Crippen molar-refractivity contribution in [3.63, 3.8) is 0 Å². The summed E-state index contributed by atoms with van der Waals surface area (Å²) in [4.78, 5) is 38.3. The van der Waals surface area contributed by atoms with E-state index < -0.39 is 6.10 Å². The van der Waals surface area contributed by atoms with Gasteiger partial charge in [0.25, 0.3) is 0 Å². The fourth-order valence-corrected chi connectivity index (χ4v) is 10.6. The Labute approximate surface area is 492 Å². The van der Waals surface area contributed by atoms with Crippen molar-refractivity contribution in [2.45, 2.75) is 386 Å². The van der Waals surface area contributed by atoms with Crippen molar-refractivity contribution >= 4 is 17.9 Å². The van der Waals surface area contributed by atoms with E-state index in [4.69, 9.17) is 14.2 Å². The highest BCUT2D eigenvalue weighted by atomic mass is 16.6. The van der Waals surface area contributed by atoms with Gasteiger partial charge >= 0.3 is 17.9 Å². The van der Waals surface area contributed by atoms with Crippen molar-refractivity contribution in [2.75, 3.05) is 13.2 Å². The molecule has 0 aliphatic heterocycles. The third-order valence-electron chi connectivity index (χ3n) is 15.8. The van der Waals surface area contributed by atoms with Crippen molar-refractivity contribution in [1.29, 1.82) is 0 Å². The second kappa shape index (κ2) is 67.9. The number of carbonyl (C=O) groups excluding carboxylic acids is 3. The summed E-state index contributed by atoms with van der Waals surface area (Å²) >= 11 is 0. The number of rotatable bonds is 65. The number of esters is 3. The minimum Gasteiger partial charge on any atom is -0.462 e. The lowest BCUT2D eigenvalue weighted by Gasteiger charge is -2.18. The number of carbonyl (C=O) groups is 3. The Morgan fingerprint density at radius 2 is 0.494 bits per heavy atom. The van der Waals surface area contributed by atoms with Crippen molar-refractivity contribution < 1.29 is 28.6 Å². The Bertz CT molecular complexity index is 1360. The molecule has 0 saturated heterocycles. The Balaban J connectivity index is 4.09. The maximum absolute atomic E-state index is 12.9. The summed E-state index contributed by atoms with van der Waals surface area (Å²) in [6.07, 6.45) is 85.9. The van der Waals surface area contributed by atoms with Crippen LogP contribution in [0, 0.1) is 0 Å². The van der Waals surface area contributed by atoms with Gasteiger partial charge in [0, 0.05) is 19.3 Å². The van der Waals surface area contributed by atoms with Crippen LogP contribution in [0.25, 0.3) is 0 Å². The topological polar surface area (TPSA) is 78.9 Å². The third kappa shape index (κ3) is 66.1.